The summed E-state index contributed by atoms with van der Waals surface area (Å²) in [5.74, 6) is 0.732. The van der Waals surface area contributed by atoms with Crippen LogP contribution in [0.25, 0.3) is 22.2 Å². The molecule has 3 aliphatic heterocycles. The van der Waals surface area contributed by atoms with E-state index in [0.717, 1.165) is 154 Å². The molecule has 2 saturated heterocycles. The Morgan fingerprint density at radius 2 is 1.59 bits per heavy atom. The molecule has 5 heterocycles. The van der Waals surface area contributed by atoms with Crippen LogP contribution in [0.3, 0.4) is 0 Å². The monoisotopic (exact) mass is 896 g/mol. The lowest BCUT2D eigenvalue weighted by atomic mass is 10.0. The molecule has 0 bridgehead atoms. The van der Waals surface area contributed by atoms with Crippen molar-refractivity contribution in [3.05, 3.63) is 107 Å². The minimum Gasteiger partial charge on any atom is -0.384 e. The summed E-state index contributed by atoms with van der Waals surface area (Å²) in [6, 6.07) is 19.1. The number of rotatable bonds is 22. The molecule has 66 heavy (non-hydrogen) atoms. The van der Waals surface area contributed by atoms with E-state index in [0.29, 0.717) is 48.3 Å². The number of hydrogen-bond acceptors (Lipinski definition) is 10. The zero-order valence-electron chi connectivity index (χ0n) is 38.6. The highest BCUT2D eigenvalue weighted by Crippen LogP contribution is 2.34. The largest absolute Gasteiger partial charge is 0.384 e. The Balaban J connectivity index is 0.706. The van der Waals surface area contributed by atoms with Crippen LogP contribution in [-0.4, -0.2) is 93.6 Å². The first-order valence-electron chi connectivity index (χ1n) is 24.0. The maximum atomic E-state index is 13.4. The molecular weight excluding hydrogens is 833 g/mol. The highest BCUT2D eigenvalue weighted by atomic mass is 16.5. The first kappa shape index (κ1) is 46.4. The molecule has 8 rings (SSSR count). The molecule has 0 radical (unpaired) electrons. The highest BCUT2D eigenvalue weighted by molar-refractivity contribution is 6.25. The minimum atomic E-state index is -0.818. The van der Waals surface area contributed by atoms with E-state index in [1.54, 1.807) is 12.1 Å². The van der Waals surface area contributed by atoms with E-state index in [2.05, 4.69) is 67.5 Å². The molecule has 3 aliphatic rings. The lowest BCUT2D eigenvalue weighted by molar-refractivity contribution is -0.125. The zero-order valence-corrected chi connectivity index (χ0v) is 38.6. The number of aryl methyl sites for hydroxylation is 4. The number of ether oxygens (including phenoxy) is 1. The van der Waals surface area contributed by atoms with Crippen LogP contribution in [0.5, 0.6) is 0 Å². The van der Waals surface area contributed by atoms with Gasteiger partial charge in [0.25, 0.3) is 11.8 Å². The van der Waals surface area contributed by atoms with E-state index in [4.69, 9.17) is 14.2 Å². The molecule has 3 aromatic carbocycles. The van der Waals surface area contributed by atoms with Gasteiger partial charge in [0.1, 0.15) is 17.6 Å². The summed E-state index contributed by atoms with van der Waals surface area (Å²) in [5, 5.41) is 13.3. The summed E-state index contributed by atoms with van der Waals surface area (Å²) in [6.45, 7) is 13.7. The summed E-state index contributed by atoms with van der Waals surface area (Å²) in [7, 11) is 0. The minimum absolute atomic E-state index is 0.0540. The average Bonchev–Trinajstić information content (AvgIpc) is 3.94. The molecule has 1 unspecified atom stereocenters. The number of benzene rings is 3. The van der Waals surface area contributed by atoms with Gasteiger partial charge in [0.05, 0.1) is 41.1 Å². The summed E-state index contributed by atoms with van der Waals surface area (Å²) >= 11 is 0. The Bertz CT molecular complexity index is 2520. The second kappa shape index (κ2) is 21.9. The van der Waals surface area contributed by atoms with Crippen LogP contribution in [0, 0.1) is 13.8 Å². The van der Waals surface area contributed by atoms with Crippen molar-refractivity contribution in [2.24, 2.45) is 0 Å². The van der Waals surface area contributed by atoms with Gasteiger partial charge in [-0.2, -0.15) is 0 Å². The number of fused-ring (bicyclic) bond motifs is 2. The Kier molecular flexibility index (Phi) is 15.4. The SMILES string of the molecule is C=C1CCC(N2C(=O)c3cccc(NCCCCCCCCCCCC(=O)Nc4ccc(CCc5nc6cc(-c7c(C)noc7C)ccc6n5CCN5CCOCC5)cc4)c3C2=O)C(=O)N1. The van der Waals surface area contributed by atoms with E-state index in [9.17, 15) is 19.2 Å². The number of imide groups is 1. The molecule has 0 spiro atoms. The van der Waals surface area contributed by atoms with Crippen LogP contribution < -0.4 is 16.0 Å². The number of carbonyl (C=O) groups is 4. The third kappa shape index (κ3) is 11.1. The van der Waals surface area contributed by atoms with Crippen LogP contribution in [0.2, 0.25) is 0 Å². The Morgan fingerprint density at radius 3 is 2.32 bits per heavy atom. The van der Waals surface area contributed by atoms with E-state index < -0.39 is 17.9 Å². The molecule has 14 nitrogen and oxygen atoms in total. The van der Waals surface area contributed by atoms with Crippen LogP contribution in [0.1, 0.15) is 121 Å². The third-order valence-corrected chi connectivity index (χ3v) is 13.2. The number of unbranched alkanes of at least 4 members (excludes halogenated alkanes) is 8. The van der Waals surface area contributed by atoms with Gasteiger partial charge >= 0.3 is 0 Å². The molecule has 5 aromatic rings. The fourth-order valence-corrected chi connectivity index (χ4v) is 9.58. The second-order valence-corrected chi connectivity index (χ2v) is 18.0. The number of imidazole rings is 1. The van der Waals surface area contributed by atoms with Gasteiger partial charge in [0.15, 0.2) is 0 Å². The maximum Gasteiger partial charge on any atom is 0.264 e. The summed E-state index contributed by atoms with van der Waals surface area (Å²) < 4.78 is 13.4. The van der Waals surface area contributed by atoms with E-state index in [1.165, 1.54) is 12.0 Å². The fraction of sp³-hybridized carbons (Fsp3) is 0.462. The Labute approximate surface area is 387 Å². The van der Waals surface area contributed by atoms with Gasteiger partial charge in [-0.1, -0.05) is 80.9 Å². The van der Waals surface area contributed by atoms with Crippen molar-refractivity contribution in [1.82, 2.24) is 29.8 Å². The fourth-order valence-electron chi connectivity index (χ4n) is 9.58. The van der Waals surface area contributed by atoms with Gasteiger partial charge in [-0.15, -0.1) is 0 Å². The molecule has 14 heteroatoms. The number of hydrogen-bond donors (Lipinski definition) is 3. The van der Waals surface area contributed by atoms with E-state index in [1.807, 2.05) is 32.0 Å². The third-order valence-electron chi connectivity index (χ3n) is 13.2. The van der Waals surface area contributed by atoms with E-state index in [-0.39, 0.29) is 11.8 Å². The van der Waals surface area contributed by atoms with Crippen molar-refractivity contribution in [2.45, 2.75) is 116 Å². The van der Waals surface area contributed by atoms with Crippen molar-refractivity contribution in [2.75, 3.05) is 50.0 Å². The number of anilines is 2. The van der Waals surface area contributed by atoms with Gasteiger partial charge in [-0.25, -0.2) is 4.98 Å². The average molecular weight is 897 g/mol. The molecule has 1 atom stereocenters. The number of piperidine rings is 1. The normalized spacial score (nSPS) is 16.6. The second-order valence-electron chi connectivity index (χ2n) is 18.0. The van der Waals surface area contributed by atoms with Gasteiger partial charge in [0.2, 0.25) is 11.8 Å². The lowest BCUT2D eigenvalue weighted by Crippen LogP contribution is -2.51. The van der Waals surface area contributed by atoms with Crippen LogP contribution >= 0.6 is 0 Å². The van der Waals surface area contributed by atoms with Gasteiger partial charge < -0.3 is 29.8 Å². The zero-order chi connectivity index (χ0) is 46.0. The number of allylic oxidation sites excluding steroid dienone is 1. The predicted octanol–water partition coefficient (Wildman–Crippen LogP) is 8.77. The number of carbonyl (C=O) groups excluding carboxylic acids is 4. The topological polar surface area (TPSA) is 164 Å². The maximum absolute atomic E-state index is 13.4. The predicted molar refractivity (Wildman–Crippen MR) is 256 cm³/mol. The molecule has 2 aromatic heterocycles. The molecule has 348 valence electrons. The Morgan fingerprint density at radius 1 is 0.848 bits per heavy atom. The van der Waals surface area contributed by atoms with Crippen LogP contribution in [0.4, 0.5) is 11.4 Å². The van der Waals surface area contributed by atoms with Crippen LogP contribution in [-0.2, 0) is 33.7 Å². The van der Waals surface area contributed by atoms with Crippen molar-refractivity contribution >= 4 is 46.0 Å². The lowest BCUT2D eigenvalue weighted by Gasteiger charge is -2.29. The number of morpholine rings is 1. The molecular formula is C52H64N8O6. The van der Waals surface area contributed by atoms with Gasteiger partial charge in [-0.3, -0.25) is 29.0 Å². The number of aromatic nitrogens is 3. The standard InChI is InChI=1S/C52H64N8O6/c1-35-17-24-45(50(62)54-35)60-51(63)41-14-13-15-42(49(41)52(60)64)53-27-12-10-8-6-4-5-7-9-11-16-47(61)55-40-22-18-38(19-23-40)20-26-46-56-43-34-39(48-36(2)57-66-37(48)3)21-25-44(43)59(46)29-28-58-30-32-65-33-31-58/h13-15,18-19,21-23,25,34,45,53H,1,4-12,16-17,20,24,26-33H2,2-3H3,(H,54,62)(H,55,61). The molecule has 0 aliphatic carbocycles. The number of amides is 4. The Hall–Kier alpha value is -6.12. The molecule has 3 N–H and O–H groups in total. The molecule has 4 amide bonds. The number of nitrogens with zero attached hydrogens (tertiary/aromatic N) is 5. The van der Waals surface area contributed by atoms with Gasteiger partial charge in [-0.05, 0) is 93.5 Å². The van der Waals surface area contributed by atoms with Crippen molar-refractivity contribution < 1.29 is 28.4 Å². The summed E-state index contributed by atoms with van der Waals surface area (Å²) in [4.78, 5) is 60.6. The van der Waals surface area contributed by atoms with Gasteiger partial charge in [0, 0.05) is 68.2 Å². The highest BCUT2D eigenvalue weighted by Gasteiger charge is 2.45. The summed E-state index contributed by atoms with van der Waals surface area (Å²) in [5.41, 5.74) is 9.05. The van der Waals surface area contributed by atoms with Crippen molar-refractivity contribution in [1.29, 1.82) is 0 Å². The van der Waals surface area contributed by atoms with E-state index >= 15 is 0 Å². The van der Waals surface area contributed by atoms with Crippen molar-refractivity contribution in [3.8, 4) is 11.1 Å². The number of nitrogens with one attached hydrogen (secondary N) is 3. The molecule has 2 fully saturated rings. The quantitative estimate of drug-likeness (QED) is 0.0452. The first-order valence-corrected chi connectivity index (χ1v) is 24.0. The van der Waals surface area contributed by atoms with Crippen LogP contribution in [0.15, 0.2) is 77.5 Å². The summed E-state index contributed by atoms with van der Waals surface area (Å²) in [6.07, 6.45) is 12.7. The smallest absolute Gasteiger partial charge is 0.264 e. The van der Waals surface area contributed by atoms with Crippen molar-refractivity contribution in [3.63, 3.8) is 0 Å². The first-order chi connectivity index (χ1) is 32.1. The molecule has 0 saturated carbocycles.